The fraction of sp³-hybridized carbons (Fsp3) is 0.857. The van der Waals surface area contributed by atoms with E-state index in [1.807, 2.05) is 0 Å². The van der Waals surface area contributed by atoms with Crippen LogP contribution in [0.25, 0.3) is 0 Å². The summed E-state index contributed by atoms with van der Waals surface area (Å²) in [6.45, 7) is 16.7. The van der Waals surface area contributed by atoms with Crippen molar-refractivity contribution < 1.29 is 33.0 Å². The second-order valence-electron chi connectivity index (χ2n) is 9.11. The van der Waals surface area contributed by atoms with Crippen molar-refractivity contribution in [2.24, 2.45) is 0 Å². The first-order valence-electron chi connectivity index (χ1n) is 10.9. The molecule has 10 nitrogen and oxygen atoms in total. The summed E-state index contributed by atoms with van der Waals surface area (Å²) in [6.07, 6.45) is 0. The van der Waals surface area contributed by atoms with Crippen molar-refractivity contribution in [3.05, 3.63) is 0 Å². The first-order valence-corrected chi connectivity index (χ1v) is 12.4. The van der Waals surface area contributed by atoms with Crippen molar-refractivity contribution in [1.29, 1.82) is 0 Å². The molecule has 188 valence electrons. The molecule has 0 bridgehead atoms. The fourth-order valence-corrected chi connectivity index (χ4v) is 3.72. The number of nitrogens with zero attached hydrogens (tertiary/aromatic N) is 6. The lowest BCUT2D eigenvalue weighted by Crippen LogP contribution is -2.24. The van der Waals surface area contributed by atoms with Crippen LogP contribution in [0.1, 0.15) is 41.5 Å². The largest absolute Gasteiger partial charge is 0.822 e. The van der Waals surface area contributed by atoms with Crippen LogP contribution in [0, 0.1) is 0 Å². The highest BCUT2D eigenvalue weighted by Gasteiger charge is 2.28. The molecule has 3 heterocycles. The van der Waals surface area contributed by atoms with Gasteiger partial charge in [0, 0.05) is 20.8 Å². The monoisotopic (exact) mass is 476 g/mol. The minimum absolute atomic E-state index is 0.690. The summed E-state index contributed by atoms with van der Waals surface area (Å²) >= 11 is 0. The maximum atomic E-state index is 8.55. The van der Waals surface area contributed by atoms with Gasteiger partial charge in [0.2, 0.25) is 17.5 Å². The predicted octanol–water partition coefficient (Wildman–Crippen LogP) is -1.68. The van der Waals surface area contributed by atoms with E-state index in [2.05, 4.69) is 112 Å². The SMILES string of the molecule is CC1=[N+](C)C(C)CN1C.CC1=[N+](C)C(C)CN1C.CC1=[N+](C)C(C)CN1C.O=P([O-])([O-])[O-]. The fourth-order valence-electron chi connectivity index (χ4n) is 3.72. The maximum absolute atomic E-state index is 8.55. The molecule has 0 aromatic rings. The van der Waals surface area contributed by atoms with E-state index in [9.17, 15) is 0 Å². The summed E-state index contributed by atoms with van der Waals surface area (Å²) in [5.41, 5.74) is 0. The molecule has 0 aromatic heterocycles. The van der Waals surface area contributed by atoms with Gasteiger partial charge < -0.3 is 19.2 Å². The van der Waals surface area contributed by atoms with E-state index < -0.39 is 7.82 Å². The Labute approximate surface area is 195 Å². The average molecular weight is 477 g/mol. The minimum Gasteiger partial charge on any atom is -0.822 e. The first kappa shape index (κ1) is 30.5. The Bertz CT molecular complexity index is 634. The van der Waals surface area contributed by atoms with E-state index in [1.165, 1.54) is 37.1 Å². The molecule has 3 unspecified atom stereocenters. The van der Waals surface area contributed by atoms with Gasteiger partial charge in [-0.25, -0.2) is 0 Å². The molecule has 0 saturated carbocycles. The third-order valence-corrected chi connectivity index (χ3v) is 6.79. The molecule has 0 fully saturated rings. The molecule has 3 atom stereocenters. The highest BCUT2D eigenvalue weighted by Crippen LogP contribution is 2.05. The third-order valence-electron chi connectivity index (χ3n) is 6.79. The molecule has 0 saturated heterocycles. The summed E-state index contributed by atoms with van der Waals surface area (Å²) in [7, 11) is 7.44. The molecule has 32 heavy (non-hydrogen) atoms. The Morgan fingerprint density at radius 2 is 0.812 bits per heavy atom. The van der Waals surface area contributed by atoms with Crippen LogP contribution in [0.4, 0.5) is 0 Å². The number of rotatable bonds is 0. The summed E-state index contributed by atoms with van der Waals surface area (Å²) < 4.78 is 15.5. The number of likely N-dealkylation sites (N-methyl/N-ethyl adjacent to an activating group) is 6. The molecular weight excluding hydrogens is 431 g/mol. The lowest BCUT2D eigenvalue weighted by atomic mass is 10.3. The van der Waals surface area contributed by atoms with Crippen LogP contribution in [-0.2, 0) is 4.57 Å². The summed E-state index contributed by atoms with van der Waals surface area (Å²) in [5.74, 6) is 4.13. The molecule has 0 amide bonds. The van der Waals surface area contributed by atoms with Crippen LogP contribution in [0.3, 0.4) is 0 Å². The highest BCUT2D eigenvalue weighted by atomic mass is 31.2. The van der Waals surface area contributed by atoms with E-state index >= 15 is 0 Å². The van der Waals surface area contributed by atoms with E-state index in [1.54, 1.807) is 0 Å². The molecule has 3 rings (SSSR count). The first-order chi connectivity index (χ1) is 14.4. The lowest BCUT2D eigenvalue weighted by Gasteiger charge is -2.36. The van der Waals surface area contributed by atoms with Crippen LogP contribution in [0.15, 0.2) is 0 Å². The standard InChI is InChI=1S/3C7H15N2.H3O4P/c3*1-6-5-8(3)7(2)9(6)4;1-5(2,3)4/h3*6H,5H2,1-4H3;(H3,1,2,3,4)/q3*+1;/p-3. The van der Waals surface area contributed by atoms with E-state index in [0.717, 1.165) is 0 Å². The van der Waals surface area contributed by atoms with Gasteiger partial charge in [-0.1, -0.05) is 0 Å². The molecule has 0 aliphatic carbocycles. The summed E-state index contributed by atoms with van der Waals surface area (Å²) in [4.78, 5) is 32.5. The molecule has 3 aliphatic heterocycles. The van der Waals surface area contributed by atoms with Crippen molar-refractivity contribution >= 4 is 25.3 Å². The Balaban J connectivity index is 0.000000410. The number of hydrogen-bond donors (Lipinski definition) is 0. The molecule has 0 aromatic carbocycles. The average Bonchev–Trinajstić information content (AvgIpc) is 3.12. The number of hydrogen-bond acceptors (Lipinski definition) is 7. The molecule has 0 spiro atoms. The Morgan fingerprint density at radius 1 is 0.656 bits per heavy atom. The van der Waals surface area contributed by atoms with Gasteiger partial charge in [-0.3, -0.25) is 28.4 Å². The highest BCUT2D eigenvalue weighted by molar-refractivity contribution is 7.40. The zero-order valence-electron chi connectivity index (χ0n) is 22.1. The van der Waals surface area contributed by atoms with Crippen LogP contribution >= 0.6 is 7.82 Å². The molecule has 3 aliphatic rings. The van der Waals surface area contributed by atoms with Crippen molar-refractivity contribution in [3.63, 3.8) is 0 Å². The van der Waals surface area contributed by atoms with E-state index in [-0.39, 0.29) is 0 Å². The van der Waals surface area contributed by atoms with Gasteiger partial charge in [-0.05, 0) is 20.8 Å². The number of phosphoric acid groups is 1. The topological polar surface area (TPSA) is 105 Å². The summed E-state index contributed by atoms with van der Waals surface area (Å²) in [5, 5.41) is 0. The van der Waals surface area contributed by atoms with Crippen LogP contribution in [0.2, 0.25) is 0 Å². The van der Waals surface area contributed by atoms with Crippen LogP contribution < -0.4 is 14.7 Å². The Kier molecular flexibility index (Phi) is 12.1. The van der Waals surface area contributed by atoms with Crippen molar-refractivity contribution in [2.75, 3.05) is 61.9 Å². The lowest BCUT2D eigenvalue weighted by molar-refractivity contribution is -0.523. The zero-order chi connectivity index (χ0) is 25.5. The van der Waals surface area contributed by atoms with Gasteiger partial charge in [-0.15, -0.1) is 0 Å². The Hall–Kier alpha value is -1.48. The van der Waals surface area contributed by atoms with Crippen LogP contribution in [-0.4, -0.2) is 126 Å². The van der Waals surface area contributed by atoms with Gasteiger partial charge >= 0.3 is 0 Å². The van der Waals surface area contributed by atoms with Gasteiger partial charge in [0.15, 0.2) is 0 Å². The van der Waals surface area contributed by atoms with E-state index in [0.29, 0.717) is 18.1 Å². The van der Waals surface area contributed by atoms with Gasteiger partial charge in [-0.2, -0.15) is 7.82 Å². The number of amidine groups is 3. The van der Waals surface area contributed by atoms with Crippen molar-refractivity contribution in [3.8, 4) is 0 Å². The van der Waals surface area contributed by atoms with Crippen LogP contribution in [0.5, 0.6) is 0 Å². The Morgan fingerprint density at radius 3 is 0.844 bits per heavy atom. The zero-order valence-corrected chi connectivity index (χ0v) is 23.0. The molecular formula is C21H45N6O4P. The molecule has 0 radical (unpaired) electrons. The van der Waals surface area contributed by atoms with Crippen molar-refractivity contribution in [2.45, 2.75) is 59.7 Å². The van der Waals surface area contributed by atoms with Gasteiger partial charge in [0.1, 0.15) is 37.8 Å². The predicted molar refractivity (Wildman–Crippen MR) is 124 cm³/mol. The third kappa shape index (κ3) is 9.98. The normalized spacial score (nSPS) is 25.5. The second-order valence-corrected chi connectivity index (χ2v) is 10.0. The van der Waals surface area contributed by atoms with Crippen molar-refractivity contribution in [1.82, 2.24) is 14.7 Å². The van der Waals surface area contributed by atoms with Gasteiger partial charge in [0.05, 0.1) is 42.3 Å². The molecule has 0 N–H and O–H groups in total. The molecule has 11 heteroatoms. The second kappa shape index (κ2) is 12.7. The van der Waals surface area contributed by atoms with E-state index in [4.69, 9.17) is 19.2 Å². The summed E-state index contributed by atoms with van der Waals surface area (Å²) in [6, 6.07) is 2.07. The quantitative estimate of drug-likeness (QED) is 0.304. The minimum atomic E-state index is -5.39. The maximum Gasteiger partial charge on any atom is 0.243 e. The smallest absolute Gasteiger partial charge is 0.243 e. The van der Waals surface area contributed by atoms with Gasteiger partial charge in [0.25, 0.3) is 0 Å².